The summed E-state index contributed by atoms with van der Waals surface area (Å²) in [5, 5.41) is 10.4. The topological polar surface area (TPSA) is 38.7 Å². The lowest BCUT2D eigenvalue weighted by molar-refractivity contribution is -0.0166. The van der Waals surface area contributed by atoms with Crippen molar-refractivity contribution in [2.45, 2.75) is 103 Å². The lowest BCUT2D eigenvalue weighted by Crippen LogP contribution is -2.54. The number of aliphatic hydroxyl groups is 1. The molecule has 0 aliphatic rings. The van der Waals surface area contributed by atoms with Gasteiger partial charge in [-0.3, -0.25) is 0 Å². The van der Waals surface area contributed by atoms with Crippen LogP contribution in [0, 0.1) is 12.3 Å². The van der Waals surface area contributed by atoms with Gasteiger partial charge in [0.05, 0.1) is 6.10 Å². The number of rotatable bonds is 6. The quantitative estimate of drug-likeness (QED) is 0.548. The maximum Gasteiger partial charge on any atom is 0.193 e. The van der Waals surface area contributed by atoms with Crippen molar-refractivity contribution in [2.75, 3.05) is 0 Å². The van der Waals surface area contributed by atoms with Gasteiger partial charge in [0.1, 0.15) is 12.2 Å². The molecule has 0 heterocycles. The van der Waals surface area contributed by atoms with E-state index < -0.39 is 34.9 Å². The SMILES string of the molecule is C#C[C@@H](O[Si](C)(C)C(C)(C)C)[C@H](O[Si](C)(C)C(C)(C)C)[C@H](C)O. The van der Waals surface area contributed by atoms with Gasteiger partial charge in [0.25, 0.3) is 0 Å². The van der Waals surface area contributed by atoms with Gasteiger partial charge in [0.15, 0.2) is 16.6 Å². The summed E-state index contributed by atoms with van der Waals surface area (Å²) in [5.41, 5.74) is 0. The molecule has 5 heteroatoms. The maximum absolute atomic E-state index is 10.3. The highest BCUT2D eigenvalue weighted by Crippen LogP contribution is 2.40. The van der Waals surface area contributed by atoms with E-state index in [0.29, 0.717) is 0 Å². The fourth-order valence-corrected chi connectivity index (χ4v) is 4.17. The Balaban J connectivity index is 5.48. The van der Waals surface area contributed by atoms with Crippen molar-refractivity contribution in [1.82, 2.24) is 0 Å². The second kappa shape index (κ2) is 7.41. The second-order valence-electron chi connectivity index (χ2n) is 9.55. The van der Waals surface area contributed by atoms with Crippen molar-refractivity contribution in [3.05, 3.63) is 0 Å². The predicted molar refractivity (Wildman–Crippen MR) is 105 cm³/mol. The zero-order valence-corrected chi connectivity index (χ0v) is 19.1. The summed E-state index contributed by atoms with van der Waals surface area (Å²) in [7, 11) is -4.09. The minimum absolute atomic E-state index is 0.0518. The number of terminal acetylenes is 1. The van der Waals surface area contributed by atoms with E-state index in [4.69, 9.17) is 15.3 Å². The maximum atomic E-state index is 10.3. The van der Waals surface area contributed by atoms with E-state index in [1.807, 2.05) is 0 Å². The van der Waals surface area contributed by atoms with Gasteiger partial charge in [-0.2, -0.15) is 0 Å². The van der Waals surface area contributed by atoms with Gasteiger partial charge in [-0.1, -0.05) is 47.5 Å². The number of aliphatic hydroxyl groups excluding tert-OH is 1. The molecule has 136 valence electrons. The number of hydrogen-bond acceptors (Lipinski definition) is 3. The van der Waals surface area contributed by atoms with Crippen molar-refractivity contribution in [3.63, 3.8) is 0 Å². The van der Waals surface area contributed by atoms with Gasteiger partial charge in [0, 0.05) is 0 Å². The molecule has 0 aliphatic carbocycles. The lowest BCUT2D eigenvalue weighted by Gasteiger charge is -2.44. The van der Waals surface area contributed by atoms with Crippen LogP contribution < -0.4 is 0 Å². The molecule has 0 fully saturated rings. The summed E-state index contributed by atoms with van der Waals surface area (Å²) in [6.45, 7) is 23.5. The molecule has 23 heavy (non-hydrogen) atoms. The molecule has 0 radical (unpaired) electrons. The van der Waals surface area contributed by atoms with Crippen LogP contribution in [0.1, 0.15) is 48.5 Å². The van der Waals surface area contributed by atoms with Gasteiger partial charge >= 0.3 is 0 Å². The fourth-order valence-electron chi connectivity index (χ4n) is 1.62. The second-order valence-corrected chi connectivity index (χ2v) is 19.1. The Bertz CT molecular complexity index is 423. The molecule has 3 nitrogen and oxygen atoms in total. The van der Waals surface area contributed by atoms with Crippen molar-refractivity contribution in [1.29, 1.82) is 0 Å². The summed E-state index contributed by atoms with van der Waals surface area (Å²) in [6, 6.07) is 0. The predicted octanol–water partition coefficient (Wildman–Crippen LogP) is 4.78. The number of hydrogen-bond donors (Lipinski definition) is 1. The third kappa shape index (κ3) is 6.02. The van der Waals surface area contributed by atoms with Crippen LogP contribution in [-0.4, -0.2) is 40.1 Å². The zero-order valence-electron chi connectivity index (χ0n) is 17.1. The van der Waals surface area contributed by atoms with E-state index in [9.17, 15) is 5.11 Å². The normalized spacial score (nSPS) is 18.2. The first kappa shape index (κ1) is 22.9. The van der Waals surface area contributed by atoms with E-state index in [2.05, 4.69) is 73.7 Å². The highest BCUT2D eigenvalue weighted by Gasteiger charge is 2.45. The minimum Gasteiger partial charge on any atom is -0.408 e. The van der Waals surface area contributed by atoms with Gasteiger partial charge in [-0.25, -0.2) is 0 Å². The van der Waals surface area contributed by atoms with Crippen molar-refractivity contribution < 1.29 is 14.0 Å². The fraction of sp³-hybridized carbons (Fsp3) is 0.889. The Morgan fingerprint density at radius 2 is 1.22 bits per heavy atom. The van der Waals surface area contributed by atoms with E-state index in [0.717, 1.165) is 0 Å². The summed E-state index contributed by atoms with van der Waals surface area (Å²) in [4.78, 5) is 0. The monoisotopic (exact) mass is 358 g/mol. The Labute approximate surface area is 146 Å². The largest absolute Gasteiger partial charge is 0.408 e. The van der Waals surface area contributed by atoms with E-state index in [1.165, 1.54) is 0 Å². The van der Waals surface area contributed by atoms with Crippen molar-refractivity contribution >= 4 is 16.6 Å². The summed E-state index contributed by atoms with van der Waals surface area (Å²) < 4.78 is 12.8. The summed E-state index contributed by atoms with van der Waals surface area (Å²) >= 11 is 0. The molecule has 0 aromatic carbocycles. The van der Waals surface area contributed by atoms with Crippen LogP contribution in [0.3, 0.4) is 0 Å². The average molecular weight is 359 g/mol. The zero-order chi connectivity index (χ0) is 18.9. The van der Waals surface area contributed by atoms with Gasteiger partial charge in [-0.05, 0) is 43.2 Å². The first-order valence-corrected chi connectivity index (χ1v) is 14.3. The molecule has 0 amide bonds. The Morgan fingerprint density at radius 1 is 0.870 bits per heavy atom. The first-order valence-electron chi connectivity index (χ1n) is 8.46. The molecule has 0 saturated carbocycles. The summed E-state index contributed by atoms with van der Waals surface area (Å²) in [6.07, 6.45) is 4.08. The molecule has 1 N–H and O–H groups in total. The molecule has 0 aliphatic heterocycles. The third-order valence-electron chi connectivity index (χ3n) is 5.40. The van der Waals surface area contributed by atoms with Crippen LogP contribution in [0.4, 0.5) is 0 Å². The standard InChI is InChI=1S/C18H38O3Si2/c1-13-15(20-22(9,10)17(3,4)5)16(14(2)19)21-23(11,12)18(6,7)8/h1,14-16,19H,2-12H3/t14-,15+,16+/m0/s1. The molecular weight excluding hydrogens is 320 g/mol. The highest BCUT2D eigenvalue weighted by molar-refractivity contribution is 6.74. The molecule has 0 spiro atoms. The average Bonchev–Trinajstić information content (AvgIpc) is 2.30. The lowest BCUT2D eigenvalue weighted by atomic mass is 10.1. The highest BCUT2D eigenvalue weighted by atomic mass is 28.4. The molecule has 3 atom stereocenters. The third-order valence-corrected chi connectivity index (χ3v) is 14.3. The van der Waals surface area contributed by atoms with E-state index >= 15 is 0 Å². The van der Waals surface area contributed by atoms with Crippen LogP contribution in [0.25, 0.3) is 0 Å². The van der Waals surface area contributed by atoms with Crippen LogP contribution in [0.5, 0.6) is 0 Å². The van der Waals surface area contributed by atoms with Crippen LogP contribution in [0.15, 0.2) is 0 Å². The van der Waals surface area contributed by atoms with E-state index in [1.54, 1.807) is 6.92 Å². The van der Waals surface area contributed by atoms with Gasteiger partial charge in [0.2, 0.25) is 0 Å². The smallest absolute Gasteiger partial charge is 0.193 e. The van der Waals surface area contributed by atoms with Crippen molar-refractivity contribution in [3.8, 4) is 12.3 Å². The summed E-state index contributed by atoms with van der Waals surface area (Å²) in [5.74, 6) is 2.74. The van der Waals surface area contributed by atoms with Gasteiger partial charge in [-0.15, -0.1) is 6.42 Å². The molecule has 0 saturated heterocycles. The van der Waals surface area contributed by atoms with Crippen LogP contribution in [-0.2, 0) is 8.85 Å². The first-order chi connectivity index (χ1) is 9.96. The molecule has 0 aromatic heterocycles. The van der Waals surface area contributed by atoms with Gasteiger partial charge < -0.3 is 14.0 Å². The molecule has 0 unspecified atom stereocenters. The van der Waals surface area contributed by atoms with E-state index in [-0.39, 0.29) is 10.1 Å². The molecule has 0 aromatic rings. The Morgan fingerprint density at radius 3 is 1.48 bits per heavy atom. The minimum atomic E-state index is -2.05. The molecule has 0 rings (SSSR count). The van der Waals surface area contributed by atoms with Crippen LogP contribution >= 0.6 is 0 Å². The molecule has 0 bridgehead atoms. The Hall–Kier alpha value is -0.126. The van der Waals surface area contributed by atoms with Crippen molar-refractivity contribution in [2.24, 2.45) is 0 Å². The van der Waals surface area contributed by atoms with Crippen LogP contribution in [0.2, 0.25) is 36.3 Å². The molecular formula is C18H38O3Si2. The Kier molecular flexibility index (Phi) is 7.37.